The van der Waals surface area contributed by atoms with Gasteiger partial charge in [0.25, 0.3) is 0 Å². The van der Waals surface area contributed by atoms with Crippen molar-refractivity contribution < 1.29 is 38.4 Å². The summed E-state index contributed by atoms with van der Waals surface area (Å²) in [5.41, 5.74) is -1.53. The maximum atomic E-state index is 12.3. The normalized spacial score (nSPS) is 42.1. The van der Waals surface area contributed by atoms with Crippen molar-refractivity contribution in [1.29, 1.82) is 0 Å². The number of hydrogen-bond acceptors (Lipinski definition) is 8. The highest BCUT2D eigenvalue weighted by molar-refractivity contribution is 5.68. The molecule has 3 rings (SSSR count). The van der Waals surface area contributed by atoms with Gasteiger partial charge < -0.3 is 24.1 Å². The van der Waals surface area contributed by atoms with Gasteiger partial charge in [-0.05, 0) is 56.9 Å². The lowest BCUT2D eigenvalue weighted by molar-refractivity contribution is -0.215. The van der Waals surface area contributed by atoms with Gasteiger partial charge in [0, 0.05) is 32.6 Å². The molecule has 9 atom stereocenters. The zero-order valence-corrected chi connectivity index (χ0v) is 21.5. The standard InChI is InChI=1S/C26H40O8/c1-13(2)18-12-21(31-15(4)27)26(8,34-17(6)29)23-20-11-14(3)19(30)9-10-25(7,33-16(5)28)24(32-20)22(18)23/h13,18-24,30H,3,9-12H2,1-2,4-8H3/t18-,19+,20-,21+,22-,23-,24-,25-,26-/m0/s1. The molecular weight excluding hydrogens is 440 g/mol. The Balaban J connectivity index is 2.20. The molecule has 8 heteroatoms. The number of aliphatic hydroxyl groups is 1. The highest BCUT2D eigenvalue weighted by atomic mass is 16.6. The van der Waals surface area contributed by atoms with E-state index in [9.17, 15) is 19.5 Å². The second-order valence-corrected chi connectivity index (χ2v) is 11.0. The van der Waals surface area contributed by atoms with Crippen molar-refractivity contribution in [3.05, 3.63) is 12.2 Å². The molecule has 0 unspecified atom stereocenters. The largest absolute Gasteiger partial charge is 0.458 e. The number of esters is 3. The molecule has 1 N–H and O–H groups in total. The highest BCUT2D eigenvalue weighted by Gasteiger charge is 2.67. The first kappa shape index (κ1) is 26.7. The van der Waals surface area contributed by atoms with Gasteiger partial charge in [0.2, 0.25) is 0 Å². The first-order chi connectivity index (χ1) is 15.7. The SMILES string of the molecule is C=C1C[C@@H]2O[C@@H]([C@@H]3[C@H]2[C@@](C)(OC(C)=O)[C@H](OC(C)=O)C[C@H]3C(C)C)[C@@](C)(OC(C)=O)CC[C@H]1O. The molecule has 0 spiro atoms. The molecule has 3 fully saturated rings. The van der Waals surface area contributed by atoms with Crippen LogP contribution < -0.4 is 0 Å². The van der Waals surface area contributed by atoms with E-state index in [1.165, 1.54) is 20.8 Å². The fourth-order valence-corrected chi connectivity index (χ4v) is 6.75. The van der Waals surface area contributed by atoms with Crippen LogP contribution in [0.25, 0.3) is 0 Å². The van der Waals surface area contributed by atoms with Crippen molar-refractivity contribution in [3.63, 3.8) is 0 Å². The van der Waals surface area contributed by atoms with Crippen molar-refractivity contribution in [3.8, 4) is 0 Å². The van der Waals surface area contributed by atoms with Gasteiger partial charge in [-0.25, -0.2) is 0 Å². The van der Waals surface area contributed by atoms with Crippen LogP contribution in [0.15, 0.2) is 12.2 Å². The van der Waals surface area contributed by atoms with Crippen molar-refractivity contribution in [2.75, 3.05) is 0 Å². The van der Waals surface area contributed by atoms with Crippen molar-refractivity contribution >= 4 is 17.9 Å². The smallest absolute Gasteiger partial charge is 0.303 e. The summed E-state index contributed by atoms with van der Waals surface area (Å²) in [5.74, 6) is -1.57. The molecule has 0 aromatic rings. The topological polar surface area (TPSA) is 108 Å². The minimum absolute atomic E-state index is 0.0560. The maximum absolute atomic E-state index is 12.3. The Morgan fingerprint density at radius 3 is 2.24 bits per heavy atom. The summed E-state index contributed by atoms with van der Waals surface area (Å²) in [6.45, 7) is 16.1. The Bertz CT molecular complexity index is 837. The van der Waals surface area contributed by atoms with Gasteiger partial charge in [0.05, 0.1) is 12.2 Å². The zero-order chi connectivity index (χ0) is 25.6. The second-order valence-electron chi connectivity index (χ2n) is 11.0. The molecule has 192 valence electrons. The van der Waals surface area contributed by atoms with Crippen LogP contribution >= 0.6 is 0 Å². The molecule has 2 bridgehead atoms. The first-order valence-electron chi connectivity index (χ1n) is 12.3. The molecule has 34 heavy (non-hydrogen) atoms. The Morgan fingerprint density at radius 1 is 1.09 bits per heavy atom. The number of rotatable bonds is 4. The highest BCUT2D eigenvalue weighted by Crippen LogP contribution is 2.58. The van der Waals surface area contributed by atoms with Crippen LogP contribution in [0, 0.1) is 23.7 Å². The van der Waals surface area contributed by atoms with Gasteiger partial charge in [-0.15, -0.1) is 0 Å². The summed E-state index contributed by atoms with van der Waals surface area (Å²) in [4.78, 5) is 36.5. The van der Waals surface area contributed by atoms with E-state index in [-0.39, 0.29) is 23.7 Å². The lowest BCUT2D eigenvalue weighted by Crippen LogP contribution is -2.63. The van der Waals surface area contributed by atoms with E-state index in [0.717, 1.165) is 0 Å². The molecule has 0 aromatic carbocycles. The molecule has 0 amide bonds. The van der Waals surface area contributed by atoms with Crippen LogP contribution in [0.4, 0.5) is 0 Å². The van der Waals surface area contributed by atoms with E-state index in [4.69, 9.17) is 18.9 Å². The molecule has 0 aromatic heterocycles. The Morgan fingerprint density at radius 2 is 1.71 bits per heavy atom. The molecule has 3 aliphatic rings. The Hall–Kier alpha value is -1.93. The summed E-state index contributed by atoms with van der Waals surface area (Å²) in [5, 5.41) is 10.7. The predicted molar refractivity (Wildman–Crippen MR) is 123 cm³/mol. The average Bonchev–Trinajstić information content (AvgIpc) is 3.08. The average molecular weight is 481 g/mol. The monoisotopic (exact) mass is 480 g/mol. The minimum atomic E-state index is -1.16. The number of aliphatic hydroxyl groups excluding tert-OH is 1. The van der Waals surface area contributed by atoms with E-state index in [0.29, 0.717) is 31.3 Å². The molecule has 1 aliphatic carbocycles. The Labute approximate surface area is 202 Å². The summed E-state index contributed by atoms with van der Waals surface area (Å²) in [7, 11) is 0. The van der Waals surface area contributed by atoms with Crippen LogP contribution in [-0.4, -0.2) is 58.6 Å². The fourth-order valence-electron chi connectivity index (χ4n) is 6.75. The van der Waals surface area contributed by atoms with Crippen LogP contribution in [0.2, 0.25) is 0 Å². The molecule has 2 heterocycles. The van der Waals surface area contributed by atoms with Gasteiger partial charge in [0.15, 0.2) is 5.60 Å². The molecular formula is C26H40O8. The quantitative estimate of drug-likeness (QED) is 0.371. The lowest BCUT2D eigenvalue weighted by Gasteiger charge is -2.53. The molecule has 2 aliphatic heterocycles. The van der Waals surface area contributed by atoms with Gasteiger partial charge in [-0.1, -0.05) is 20.4 Å². The molecule has 0 radical (unpaired) electrons. The lowest BCUT2D eigenvalue weighted by atomic mass is 9.56. The van der Waals surface area contributed by atoms with Crippen molar-refractivity contribution in [1.82, 2.24) is 0 Å². The number of ether oxygens (including phenoxy) is 4. The zero-order valence-electron chi connectivity index (χ0n) is 21.5. The molecule has 2 saturated heterocycles. The Kier molecular flexibility index (Phi) is 7.54. The summed E-state index contributed by atoms with van der Waals surface area (Å²) < 4.78 is 24.3. The van der Waals surface area contributed by atoms with E-state index < -0.39 is 53.5 Å². The number of fused-ring (bicyclic) bond motifs is 5. The second kappa shape index (κ2) is 9.61. The first-order valence-corrected chi connectivity index (χ1v) is 12.3. The van der Waals surface area contributed by atoms with Crippen molar-refractivity contribution in [2.45, 2.75) is 110 Å². The van der Waals surface area contributed by atoms with E-state index >= 15 is 0 Å². The number of carbonyl (C=O) groups excluding carboxylic acids is 3. The predicted octanol–water partition coefficient (Wildman–Crippen LogP) is 3.34. The van der Waals surface area contributed by atoms with E-state index in [2.05, 4.69) is 20.4 Å². The van der Waals surface area contributed by atoms with Gasteiger partial charge in [-0.2, -0.15) is 0 Å². The van der Waals surface area contributed by atoms with Crippen molar-refractivity contribution in [2.24, 2.45) is 23.7 Å². The summed E-state index contributed by atoms with van der Waals surface area (Å²) in [6, 6.07) is 0. The van der Waals surface area contributed by atoms with E-state index in [1.54, 1.807) is 0 Å². The summed E-state index contributed by atoms with van der Waals surface area (Å²) >= 11 is 0. The number of carbonyl (C=O) groups is 3. The molecule has 1 saturated carbocycles. The summed E-state index contributed by atoms with van der Waals surface area (Å²) in [6.07, 6.45) is -0.720. The molecule has 8 nitrogen and oxygen atoms in total. The third-order valence-corrected chi connectivity index (χ3v) is 8.12. The van der Waals surface area contributed by atoms with Crippen LogP contribution in [0.3, 0.4) is 0 Å². The maximum Gasteiger partial charge on any atom is 0.303 e. The third-order valence-electron chi connectivity index (χ3n) is 8.12. The minimum Gasteiger partial charge on any atom is -0.458 e. The van der Waals surface area contributed by atoms with Crippen LogP contribution in [0.5, 0.6) is 0 Å². The van der Waals surface area contributed by atoms with Gasteiger partial charge in [-0.3, -0.25) is 14.4 Å². The van der Waals surface area contributed by atoms with Gasteiger partial charge >= 0.3 is 17.9 Å². The van der Waals surface area contributed by atoms with Crippen LogP contribution in [-0.2, 0) is 33.3 Å². The fraction of sp³-hybridized carbons (Fsp3) is 0.808. The van der Waals surface area contributed by atoms with Crippen LogP contribution in [0.1, 0.15) is 74.1 Å². The van der Waals surface area contributed by atoms with E-state index in [1.807, 2.05) is 13.8 Å². The third kappa shape index (κ3) is 4.89. The van der Waals surface area contributed by atoms with Gasteiger partial charge in [0.1, 0.15) is 17.8 Å². The number of hydrogen-bond donors (Lipinski definition) is 1.